The van der Waals surface area contributed by atoms with Crippen molar-refractivity contribution in [2.24, 2.45) is 17.8 Å². The van der Waals surface area contributed by atoms with Gasteiger partial charge in [0.1, 0.15) is 5.82 Å². The van der Waals surface area contributed by atoms with E-state index in [-0.39, 0.29) is 11.5 Å². The lowest BCUT2D eigenvalue weighted by Crippen LogP contribution is -2.13. The predicted octanol–water partition coefficient (Wildman–Crippen LogP) is 3.92. The van der Waals surface area contributed by atoms with Gasteiger partial charge in [-0.2, -0.15) is 13.2 Å². The number of rotatable bonds is 2. The van der Waals surface area contributed by atoms with E-state index in [2.05, 4.69) is 0 Å². The Labute approximate surface area is 108 Å². The highest BCUT2D eigenvalue weighted by Gasteiger charge is 2.48. The summed E-state index contributed by atoms with van der Waals surface area (Å²) in [6, 6.07) is 2.71. The first-order valence-corrected chi connectivity index (χ1v) is 6.41. The minimum atomic E-state index is -4.69. The van der Waals surface area contributed by atoms with Crippen LogP contribution in [0.1, 0.15) is 36.5 Å². The number of aliphatic hydroxyl groups is 1. The largest absolute Gasteiger partial charge is 0.419 e. The van der Waals surface area contributed by atoms with E-state index in [1.807, 2.05) is 0 Å². The molecule has 0 aliphatic heterocycles. The van der Waals surface area contributed by atoms with E-state index in [9.17, 15) is 22.7 Å². The summed E-state index contributed by atoms with van der Waals surface area (Å²) in [5.74, 6) is 0.0741. The molecule has 0 spiro atoms. The first-order chi connectivity index (χ1) is 8.86. The maximum Gasteiger partial charge on any atom is 0.419 e. The van der Waals surface area contributed by atoms with Crippen LogP contribution in [0, 0.1) is 23.6 Å². The summed E-state index contributed by atoms with van der Waals surface area (Å²) in [4.78, 5) is 0. The monoisotopic (exact) mass is 274 g/mol. The average molecular weight is 274 g/mol. The third kappa shape index (κ3) is 2.36. The Kier molecular flexibility index (Phi) is 2.85. The zero-order valence-corrected chi connectivity index (χ0v) is 10.1. The summed E-state index contributed by atoms with van der Waals surface area (Å²) in [6.45, 7) is 0. The smallest absolute Gasteiger partial charge is 0.388 e. The molecule has 0 aromatic heterocycles. The van der Waals surface area contributed by atoms with Crippen LogP contribution < -0.4 is 0 Å². The average Bonchev–Trinajstić information content (AvgIpc) is 2.93. The van der Waals surface area contributed by atoms with E-state index in [0.29, 0.717) is 17.9 Å². The molecular formula is C14H14F4O. The number of alkyl halides is 3. The normalized spacial score (nSPS) is 31.1. The van der Waals surface area contributed by atoms with E-state index < -0.39 is 23.7 Å². The van der Waals surface area contributed by atoms with Crippen molar-refractivity contribution in [1.29, 1.82) is 0 Å². The molecule has 0 amide bonds. The van der Waals surface area contributed by atoms with Gasteiger partial charge in [-0.3, -0.25) is 0 Å². The summed E-state index contributed by atoms with van der Waals surface area (Å²) >= 11 is 0. The van der Waals surface area contributed by atoms with E-state index in [1.165, 1.54) is 12.5 Å². The highest BCUT2D eigenvalue weighted by atomic mass is 19.4. The van der Waals surface area contributed by atoms with Crippen molar-refractivity contribution in [2.45, 2.75) is 31.5 Å². The van der Waals surface area contributed by atoms with Gasteiger partial charge >= 0.3 is 6.18 Å². The van der Waals surface area contributed by atoms with Crippen LogP contribution in [-0.4, -0.2) is 5.11 Å². The lowest BCUT2D eigenvalue weighted by molar-refractivity contribution is -0.140. The molecule has 1 nitrogen and oxygen atoms in total. The zero-order chi connectivity index (χ0) is 13.8. The first kappa shape index (κ1) is 12.9. The minimum Gasteiger partial charge on any atom is -0.388 e. The molecule has 1 aromatic rings. The van der Waals surface area contributed by atoms with Crippen LogP contribution >= 0.6 is 0 Å². The second-order valence-corrected chi connectivity index (χ2v) is 5.67. The van der Waals surface area contributed by atoms with Crippen molar-refractivity contribution in [3.63, 3.8) is 0 Å². The van der Waals surface area contributed by atoms with Gasteiger partial charge in [-0.25, -0.2) is 4.39 Å². The van der Waals surface area contributed by atoms with E-state index in [4.69, 9.17) is 0 Å². The summed E-state index contributed by atoms with van der Waals surface area (Å²) in [5, 5.41) is 10.1. The zero-order valence-electron chi connectivity index (χ0n) is 10.1. The number of aliphatic hydroxyl groups excluding tert-OH is 1. The van der Waals surface area contributed by atoms with Gasteiger partial charge in [-0.1, -0.05) is 6.07 Å². The van der Waals surface area contributed by atoms with Gasteiger partial charge in [0.05, 0.1) is 11.7 Å². The fourth-order valence-corrected chi connectivity index (χ4v) is 3.24. The molecule has 2 saturated carbocycles. The molecule has 3 atom stereocenters. The molecule has 1 N–H and O–H groups in total. The van der Waals surface area contributed by atoms with Gasteiger partial charge in [0, 0.05) is 0 Å². The van der Waals surface area contributed by atoms with Crippen molar-refractivity contribution in [2.75, 3.05) is 0 Å². The molecule has 104 valence electrons. The van der Waals surface area contributed by atoms with Gasteiger partial charge in [0.2, 0.25) is 0 Å². The highest BCUT2D eigenvalue weighted by molar-refractivity contribution is 5.28. The fraction of sp³-hybridized carbons (Fsp3) is 0.571. The summed E-state index contributed by atoms with van der Waals surface area (Å²) in [6.07, 6.45) is -2.56. The molecule has 2 aliphatic carbocycles. The molecule has 0 heterocycles. The molecule has 2 fully saturated rings. The van der Waals surface area contributed by atoms with Crippen LogP contribution in [0.5, 0.6) is 0 Å². The van der Waals surface area contributed by atoms with Gasteiger partial charge < -0.3 is 5.11 Å². The van der Waals surface area contributed by atoms with Crippen molar-refractivity contribution in [3.05, 3.63) is 35.1 Å². The van der Waals surface area contributed by atoms with Crippen molar-refractivity contribution >= 4 is 0 Å². The van der Waals surface area contributed by atoms with E-state index in [0.717, 1.165) is 18.9 Å². The molecule has 19 heavy (non-hydrogen) atoms. The molecule has 1 aromatic carbocycles. The van der Waals surface area contributed by atoms with Crippen molar-refractivity contribution in [1.82, 2.24) is 0 Å². The standard InChI is InChI=1S/C14H14F4O/c15-12-6-7(1-2-11(12)14(16,17)18)13(19)10-4-8-3-9(8)5-10/h1-2,6,8-10,13,19H,3-5H2. The van der Waals surface area contributed by atoms with Gasteiger partial charge in [-0.05, 0) is 54.7 Å². The molecule has 3 rings (SSSR count). The van der Waals surface area contributed by atoms with Crippen LogP contribution in [0.2, 0.25) is 0 Å². The topological polar surface area (TPSA) is 20.2 Å². The second kappa shape index (κ2) is 4.20. The Morgan fingerprint density at radius 1 is 1.11 bits per heavy atom. The van der Waals surface area contributed by atoms with Crippen molar-refractivity contribution < 1.29 is 22.7 Å². The Morgan fingerprint density at radius 2 is 1.74 bits per heavy atom. The maximum atomic E-state index is 13.4. The van der Waals surface area contributed by atoms with Crippen LogP contribution in [0.3, 0.4) is 0 Å². The molecule has 0 saturated heterocycles. The Balaban J connectivity index is 1.79. The van der Waals surface area contributed by atoms with Gasteiger partial charge in [0.25, 0.3) is 0 Å². The molecule has 2 aliphatic rings. The molecular weight excluding hydrogens is 260 g/mol. The number of fused-ring (bicyclic) bond motifs is 1. The molecule has 5 heteroatoms. The van der Waals surface area contributed by atoms with E-state index >= 15 is 0 Å². The van der Waals surface area contributed by atoms with Crippen LogP contribution in [0.25, 0.3) is 0 Å². The lowest BCUT2D eigenvalue weighted by atomic mass is 9.91. The van der Waals surface area contributed by atoms with Crippen LogP contribution in [0.15, 0.2) is 18.2 Å². The Hall–Kier alpha value is -1.10. The van der Waals surface area contributed by atoms with Gasteiger partial charge in [0.15, 0.2) is 0 Å². The molecule has 3 unspecified atom stereocenters. The van der Waals surface area contributed by atoms with Gasteiger partial charge in [-0.15, -0.1) is 0 Å². The third-order valence-corrected chi connectivity index (χ3v) is 4.37. The number of halogens is 4. The second-order valence-electron chi connectivity index (χ2n) is 5.67. The minimum absolute atomic E-state index is 0.0555. The highest BCUT2D eigenvalue weighted by Crippen LogP contribution is 2.57. The maximum absolute atomic E-state index is 13.4. The third-order valence-electron chi connectivity index (χ3n) is 4.37. The predicted molar refractivity (Wildman–Crippen MR) is 60.7 cm³/mol. The summed E-state index contributed by atoms with van der Waals surface area (Å²) in [7, 11) is 0. The molecule has 0 radical (unpaired) electrons. The number of hydrogen-bond donors (Lipinski definition) is 1. The van der Waals surface area contributed by atoms with Crippen molar-refractivity contribution in [3.8, 4) is 0 Å². The van der Waals surface area contributed by atoms with E-state index in [1.54, 1.807) is 0 Å². The number of benzene rings is 1. The quantitative estimate of drug-likeness (QED) is 0.810. The number of hydrogen-bond acceptors (Lipinski definition) is 1. The Bertz CT molecular complexity index is 487. The summed E-state index contributed by atoms with van der Waals surface area (Å²) in [5.41, 5.74) is -1.03. The molecule has 0 bridgehead atoms. The van der Waals surface area contributed by atoms with Crippen LogP contribution in [0.4, 0.5) is 17.6 Å². The fourth-order valence-electron chi connectivity index (χ4n) is 3.24. The summed E-state index contributed by atoms with van der Waals surface area (Å²) < 4.78 is 50.8. The lowest BCUT2D eigenvalue weighted by Gasteiger charge is -2.20. The Morgan fingerprint density at radius 3 is 2.26 bits per heavy atom. The SMILES string of the molecule is OC(c1ccc(C(F)(F)F)c(F)c1)C1CC2CC2C1. The first-order valence-electron chi connectivity index (χ1n) is 6.41. The van der Waals surface area contributed by atoms with Crippen LogP contribution in [-0.2, 0) is 6.18 Å².